The number of aromatic hydroxyl groups is 3. The van der Waals surface area contributed by atoms with Crippen molar-refractivity contribution in [1.82, 2.24) is 0 Å². The summed E-state index contributed by atoms with van der Waals surface area (Å²) in [5.41, 5.74) is -0.0671. The Kier molecular flexibility index (Phi) is 18.3. The maximum absolute atomic E-state index is 10.3. The summed E-state index contributed by atoms with van der Waals surface area (Å²) in [5, 5.41) is 48.3. The number of hydrogen-bond donors (Lipinski definition) is 5. The zero-order chi connectivity index (χ0) is 27.3. The molecular formula is C25H23Hg2NO8. The molecule has 0 fully saturated rings. The molecule has 0 spiro atoms. The fourth-order valence-corrected chi connectivity index (χ4v) is 4.19. The van der Waals surface area contributed by atoms with Crippen LogP contribution < -0.4 is 6.14 Å². The normalized spacial score (nSPS) is 8.67. The van der Waals surface area contributed by atoms with E-state index in [-0.39, 0.29) is 22.8 Å². The molecule has 0 radical (unpaired) electrons. The van der Waals surface area contributed by atoms with Gasteiger partial charge >= 0.3 is 125 Å². The first-order valence-corrected chi connectivity index (χ1v) is 15.6. The number of carboxylic acids is 1. The van der Waals surface area contributed by atoms with Crippen LogP contribution in [0.2, 0.25) is 0 Å². The Labute approximate surface area is 240 Å². The van der Waals surface area contributed by atoms with Gasteiger partial charge in [0.1, 0.15) is 11.3 Å². The van der Waals surface area contributed by atoms with E-state index < -0.39 is 11.1 Å². The number of para-hydroxylation sites is 3. The van der Waals surface area contributed by atoms with Crippen molar-refractivity contribution in [2.45, 2.75) is 0 Å². The molecule has 0 bridgehead atoms. The molecule has 9 nitrogen and oxygen atoms in total. The second-order valence-corrected chi connectivity index (χ2v) is 12.9. The Morgan fingerprint density at radius 1 is 0.611 bits per heavy atom. The summed E-state index contributed by atoms with van der Waals surface area (Å²) in [6.45, 7) is 0. The first-order chi connectivity index (χ1) is 17.0. The van der Waals surface area contributed by atoms with Gasteiger partial charge in [0.25, 0.3) is 5.09 Å². The van der Waals surface area contributed by atoms with Crippen LogP contribution in [0.5, 0.6) is 17.2 Å². The standard InChI is InChI=1S/C7H6O3.C6H6O2.2C6H5.2Hg.HNO3/c8-6-4-2-1-3-5(6)7(9)10;7-5-3-1-2-4-6(5)8;2*1-2-4-6-5-3-1;;;2-1(3)4/h1-4,8H,(H,9,10);1-4,7-8H;2*1-5H;;;(H,2,3,4). The average Bonchev–Trinajstić information content (AvgIpc) is 2.83. The van der Waals surface area contributed by atoms with Crippen molar-refractivity contribution in [3.05, 3.63) is 125 Å². The monoisotopic (exact) mass is 869 g/mol. The van der Waals surface area contributed by atoms with Crippen molar-refractivity contribution in [3.8, 4) is 17.2 Å². The van der Waals surface area contributed by atoms with Crippen molar-refractivity contribution in [1.29, 1.82) is 0 Å². The van der Waals surface area contributed by atoms with Crippen LogP contribution in [0.1, 0.15) is 10.4 Å². The van der Waals surface area contributed by atoms with Crippen molar-refractivity contribution < 1.29 is 87.8 Å². The van der Waals surface area contributed by atoms with Gasteiger partial charge < -0.3 is 25.6 Å². The molecule has 0 aliphatic heterocycles. The quantitative estimate of drug-likeness (QED) is 0.0841. The van der Waals surface area contributed by atoms with E-state index in [1.165, 1.54) is 30.4 Å². The molecule has 0 unspecified atom stereocenters. The summed E-state index contributed by atoms with van der Waals surface area (Å²) < 4.78 is 3.03. The molecule has 0 aromatic heterocycles. The molecule has 5 N–H and O–H groups in total. The molecule has 0 saturated carbocycles. The van der Waals surface area contributed by atoms with Crippen molar-refractivity contribution in [2.75, 3.05) is 0 Å². The maximum atomic E-state index is 10.3. The first kappa shape index (κ1) is 32.8. The zero-order valence-corrected chi connectivity index (χ0v) is 30.2. The summed E-state index contributed by atoms with van der Waals surface area (Å²) in [5.74, 6) is -1.46. The molecule has 0 saturated heterocycles. The average molecular weight is 867 g/mol. The number of phenolic OH excluding ortho intramolecular Hbond substituents is 2. The Morgan fingerprint density at radius 2 is 0.889 bits per heavy atom. The number of carbonyl (C=O) groups is 1. The SMILES string of the molecule is O=C(O)c1ccccc1O.O=[N+]([O-])O.Oc1ccccc1O.[Hg][c]1ccccc1.[Hg][c]1ccccc1. The number of rotatable bonds is 1. The molecule has 0 atom stereocenters. The van der Waals surface area contributed by atoms with Crippen LogP contribution in [-0.2, 0) is 52.2 Å². The topological polar surface area (TPSA) is 161 Å². The molecule has 0 aliphatic carbocycles. The van der Waals surface area contributed by atoms with Gasteiger partial charge in [-0.1, -0.05) is 24.3 Å². The molecule has 4 aromatic rings. The van der Waals surface area contributed by atoms with Crippen LogP contribution in [0.25, 0.3) is 0 Å². The van der Waals surface area contributed by atoms with Crippen molar-refractivity contribution >= 4 is 12.1 Å². The molecule has 11 heteroatoms. The third-order valence-electron chi connectivity index (χ3n) is 3.70. The fraction of sp³-hybridized carbons (Fsp3) is 0. The predicted molar refractivity (Wildman–Crippen MR) is 126 cm³/mol. The Morgan fingerprint density at radius 3 is 1.08 bits per heavy atom. The fourth-order valence-electron chi connectivity index (χ4n) is 2.07. The van der Waals surface area contributed by atoms with E-state index in [9.17, 15) is 4.79 Å². The summed E-state index contributed by atoms with van der Waals surface area (Å²) in [4.78, 5) is 18.6. The van der Waals surface area contributed by atoms with Gasteiger partial charge in [0, 0.05) is 0 Å². The molecule has 180 valence electrons. The number of aromatic carboxylic acids is 1. The van der Waals surface area contributed by atoms with Gasteiger partial charge in [-0.25, -0.2) is 4.79 Å². The molecule has 0 heterocycles. The summed E-state index contributed by atoms with van der Waals surface area (Å²) in [7, 11) is 0. The van der Waals surface area contributed by atoms with E-state index in [0.717, 1.165) is 52.2 Å². The number of phenols is 3. The zero-order valence-electron chi connectivity index (χ0n) is 19.2. The van der Waals surface area contributed by atoms with E-state index in [1.54, 1.807) is 24.3 Å². The minimum atomic E-state index is -1.50. The van der Waals surface area contributed by atoms with Gasteiger partial charge in [-0.15, -0.1) is 10.1 Å². The van der Waals surface area contributed by atoms with Gasteiger partial charge in [-0.05, 0) is 24.3 Å². The number of nitrogens with zero attached hydrogens (tertiary/aromatic N) is 1. The Bertz CT molecular complexity index is 1100. The number of benzene rings is 4. The molecule has 36 heavy (non-hydrogen) atoms. The molecule has 0 amide bonds. The third kappa shape index (κ3) is 18.2. The van der Waals surface area contributed by atoms with Gasteiger partial charge in [0.05, 0.1) is 0 Å². The van der Waals surface area contributed by atoms with Gasteiger partial charge in [0.2, 0.25) is 0 Å². The second kappa shape index (κ2) is 20.1. The molecule has 4 rings (SSSR count). The molecular weight excluding hydrogens is 843 g/mol. The Hall–Kier alpha value is -3.18. The summed E-state index contributed by atoms with van der Waals surface area (Å²) >= 11 is 1.62. The summed E-state index contributed by atoms with van der Waals surface area (Å²) in [6.07, 6.45) is 0. The van der Waals surface area contributed by atoms with E-state index >= 15 is 0 Å². The predicted octanol–water partition coefficient (Wildman–Crippen LogP) is 3.56. The van der Waals surface area contributed by atoms with E-state index in [1.807, 2.05) is 0 Å². The minimum absolute atomic E-state index is 0.0671. The van der Waals surface area contributed by atoms with Crippen LogP contribution >= 0.6 is 0 Å². The van der Waals surface area contributed by atoms with Gasteiger partial charge in [-0.3, -0.25) is 0 Å². The van der Waals surface area contributed by atoms with Gasteiger partial charge in [-0.2, -0.15) is 0 Å². The van der Waals surface area contributed by atoms with E-state index in [2.05, 4.69) is 60.7 Å². The van der Waals surface area contributed by atoms with Crippen molar-refractivity contribution in [2.24, 2.45) is 0 Å². The van der Waals surface area contributed by atoms with Gasteiger partial charge in [0.15, 0.2) is 11.5 Å². The van der Waals surface area contributed by atoms with E-state index in [0.29, 0.717) is 0 Å². The van der Waals surface area contributed by atoms with Crippen LogP contribution in [0.4, 0.5) is 0 Å². The van der Waals surface area contributed by atoms with Crippen LogP contribution in [0, 0.1) is 10.1 Å². The third-order valence-corrected chi connectivity index (χ3v) is 7.37. The van der Waals surface area contributed by atoms with Crippen molar-refractivity contribution in [3.63, 3.8) is 0 Å². The Balaban J connectivity index is 0.000000436. The van der Waals surface area contributed by atoms with Crippen LogP contribution in [0.3, 0.4) is 0 Å². The van der Waals surface area contributed by atoms with Crippen LogP contribution in [0.15, 0.2) is 109 Å². The number of hydrogen-bond acceptors (Lipinski definition) is 6. The van der Waals surface area contributed by atoms with Crippen LogP contribution in [-0.4, -0.2) is 36.7 Å². The number of carboxylic acid groups (broad SMARTS) is 1. The first-order valence-electron chi connectivity index (χ1n) is 10.1. The second-order valence-electron chi connectivity index (χ2n) is 6.52. The molecule has 4 aromatic carbocycles. The summed E-state index contributed by atoms with van der Waals surface area (Å²) in [6, 6.07) is 33.1. The van der Waals surface area contributed by atoms with E-state index in [4.69, 9.17) is 35.7 Å². The molecule has 0 aliphatic rings.